The van der Waals surface area contributed by atoms with Gasteiger partial charge in [0.15, 0.2) is 0 Å². The molecule has 1 atom stereocenters. The third kappa shape index (κ3) is 13.1. The summed E-state index contributed by atoms with van der Waals surface area (Å²) in [4.78, 5) is 39.2. The predicted molar refractivity (Wildman–Crippen MR) is 126 cm³/mol. The average molecular weight is 574 g/mol. The number of pyridine rings is 1. The zero-order valence-corrected chi connectivity index (χ0v) is 21.4. The maximum atomic E-state index is 12.5. The second-order valence-corrected chi connectivity index (χ2v) is 8.91. The lowest BCUT2D eigenvalue weighted by Gasteiger charge is -2.43. The monoisotopic (exact) mass is 573 g/mol. The normalized spacial score (nSPS) is 18.7. The first-order chi connectivity index (χ1) is 18.2. The largest absolute Gasteiger partial charge is 0.490 e. The van der Waals surface area contributed by atoms with Crippen molar-refractivity contribution in [2.24, 2.45) is 5.92 Å². The Balaban J connectivity index is 0.000000449. The maximum Gasteiger partial charge on any atom is 0.490 e. The lowest BCUT2D eigenvalue weighted by molar-refractivity contribution is -0.193. The molecule has 15 heteroatoms. The molecular weight excluding hydrogens is 540 g/mol. The van der Waals surface area contributed by atoms with E-state index in [-0.39, 0.29) is 5.91 Å². The number of carboxylic acid groups (broad SMARTS) is 2. The van der Waals surface area contributed by atoms with Gasteiger partial charge in [0.1, 0.15) is 0 Å². The number of carbonyl (C=O) groups excluding carboxylic acids is 1. The number of nitrogens with zero attached hydrogens (tertiary/aromatic N) is 3. The summed E-state index contributed by atoms with van der Waals surface area (Å²) in [6.07, 6.45) is -1.78. The standard InChI is InChI=1S/C20H31N3O2.2C2HF3O2/c1-25-15-14-22-11-5-3-7-19(22)17-8-12-23(13-9-17)20(24)16-18-6-2-4-10-21-18;2*3-2(4,5)1(6)7/h2,4,6,10,17,19H,3,5,7-9,11-16H2,1H3;2*(H,6,7). The van der Waals surface area contributed by atoms with Crippen molar-refractivity contribution < 1.29 is 55.7 Å². The van der Waals surface area contributed by atoms with Crippen molar-refractivity contribution in [3.8, 4) is 0 Å². The van der Waals surface area contributed by atoms with Crippen LogP contribution in [0.2, 0.25) is 0 Å². The lowest BCUT2D eigenvalue weighted by atomic mass is 9.83. The predicted octanol–water partition coefficient (Wildman–Crippen LogP) is 3.63. The molecule has 0 bridgehead atoms. The molecule has 0 aromatic carbocycles. The van der Waals surface area contributed by atoms with Gasteiger partial charge >= 0.3 is 24.3 Å². The molecule has 1 aromatic rings. The van der Waals surface area contributed by atoms with E-state index >= 15 is 0 Å². The third-order valence-electron chi connectivity index (χ3n) is 6.23. The van der Waals surface area contributed by atoms with Gasteiger partial charge in [-0.1, -0.05) is 12.5 Å². The number of carbonyl (C=O) groups is 3. The highest BCUT2D eigenvalue weighted by atomic mass is 19.4. The molecule has 0 radical (unpaired) electrons. The van der Waals surface area contributed by atoms with Crippen molar-refractivity contribution in [2.75, 3.05) is 39.9 Å². The fourth-order valence-corrected chi connectivity index (χ4v) is 4.34. The molecule has 2 aliphatic rings. The van der Waals surface area contributed by atoms with Crippen molar-refractivity contribution in [3.63, 3.8) is 0 Å². The number of amides is 1. The van der Waals surface area contributed by atoms with Crippen LogP contribution in [0, 0.1) is 5.92 Å². The highest BCUT2D eigenvalue weighted by molar-refractivity contribution is 5.78. The van der Waals surface area contributed by atoms with Gasteiger partial charge in [0.05, 0.1) is 13.0 Å². The number of alkyl halides is 6. The van der Waals surface area contributed by atoms with Gasteiger partial charge < -0.3 is 19.8 Å². The summed E-state index contributed by atoms with van der Waals surface area (Å²) in [5.74, 6) is -4.58. The van der Waals surface area contributed by atoms with Gasteiger partial charge in [-0.25, -0.2) is 9.59 Å². The van der Waals surface area contributed by atoms with Crippen LogP contribution < -0.4 is 0 Å². The molecule has 0 aliphatic carbocycles. The van der Waals surface area contributed by atoms with Crippen LogP contribution in [-0.4, -0.2) is 101 Å². The molecule has 39 heavy (non-hydrogen) atoms. The van der Waals surface area contributed by atoms with Crippen molar-refractivity contribution in [1.82, 2.24) is 14.8 Å². The van der Waals surface area contributed by atoms with E-state index in [4.69, 9.17) is 24.5 Å². The quantitative estimate of drug-likeness (QED) is 0.496. The first-order valence-electron chi connectivity index (χ1n) is 12.2. The smallest absolute Gasteiger partial charge is 0.475 e. The number of likely N-dealkylation sites (tertiary alicyclic amines) is 2. The molecular formula is C24H33F6N3O6. The van der Waals surface area contributed by atoms with E-state index in [9.17, 15) is 31.1 Å². The Morgan fingerprint density at radius 3 is 1.97 bits per heavy atom. The SMILES string of the molecule is COCCN1CCCCC1C1CCN(C(=O)Cc2ccccn2)CC1.O=C(O)C(F)(F)F.O=C(O)C(F)(F)F. The second-order valence-electron chi connectivity index (χ2n) is 8.91. The first-order valence-corrected chi connectivity index (χ1v) is 12.2. The fraction of sp³-hybridized carbons (Fsp3) is 0.667. The minimum Gasteiger partial charge on any atom is -0.475 e. The molecule has 9 nitrogen and oxygen atoms in total. The Morgan fingerprint density at radius 2 is 1.51 bits per heavy atom. The first kappa shape index (κ1) is 34.1. The van der Waals surface area contributed by atoms with Crippen LogP contribution >= 0.6 is 0 Å². The molecule has 1 aromatic heterocycles. The molecule has 0 spiro atoms. The molecule has 2 aliphatic heterocycles. The Hall–Kier alpha value is -2.94. The van der Waals surface area contributed by atoms with Gasteiger partial charge in [-0.2, -0.15) is 26.3 Å². The second kappa shape index (κ2) is 16.2. The number of halogens is 6. The summed E-state index contributed by atoms with van der Waals surface area (Å²) >= 11 is 0. The van der Waals surface area contributed by atoms with E-state index in [1.807, 2.05) is 23.1 Å². The topological polar surface area (TPSA) is 120 Å². The molecule has 2 N–H and O–H groups in total. The molecule has 2 saturated heterocycles. The number of carboxylic acids is 2. The molecule has 2 fully saturated rings. The zero-order valence-electron chi connectivity index (χ0n) is 21.4. The van der Waals surface area contributed by atoms with Crippen LogP contribution in [0.3, 0.4) is 0 Å². The molecule has 222 valence electrons. The van der Waals surface area contributed by atoms with Gasteiger partial charge in [-0.15, -0.1) is 0 Å². The third-order valence-corrected chi connectivity index (χ3v) is 6.23. The zero-order chi connectivity index (χ0) is 29.6. The minimum atomic E-state index is -5.08. The van der Waals surface area contributed by atoms with Crippen LogP contribution in [0.1, 0.15) is 37.8 Å². The summed E-state index contributed by atoms with van der Waals surface area (Å²) in [5.41, 5.74) is 0.868. The van der Waals surface area contributed by atoms with Crippen molar-refractivity contribution in [3.05, 3.63) is 30.1 Å². The van der Waals surface area contributed by atoms with E-state index in [0.717, 1.165) is 50.7 Å². The van der Waals surface area contributed by atoms with Crippen LogP contribution in [0.15, 0.2) is 24.4 Å². The summed E-state index contributed by atoms with van der Waals surface area (Å²) in [7, 11) is 1.78. The van der Waals surface area contributed by atoms with E-state index < -0.39 is 24.3 Å². The number of methoxy groups -OCH3 is 1. The van der Waals surface area contributed by atoms with Gasteiger partial charge in [-0.3, -0.25) is 14.7 Å². The lowest BCUT2D eigenvalue weighted by Crippen LogP contribution is -2.49. The highest BCUT2D eigenvalue weighted by Gasteiger charge is 2.39. The number of aromatic nitrogens is 1. The van der Waals surface area contributed by atoms with Gasteiger partial charge in [0.2, 0.25) is 5.91 Å². The molecule has 1 amide bonds. The maximum absolute atomic E-state index is 12.5. The number of ether oxygens (including phenoxy) is 1. The molecule has 0 saturated carbocycles. The highest BCUT2D eigenvalue weighted by Crippen LogP contribution is 2.30. The number of hydrogen-bond donors (Lipinski definition) is 2. The number of aliphatic carboxylic acids is 2. The Labute approximate surface area is 221 Å². The summed E-state index contributed by atoms with van der Waals surface area (Å²) in [5, 5.41) is 14.2. The fourth-order valence-electron chi connectivity index (χ4n) is 4.34. The average Bonchev–Trinajstić information content (AvgIpc) is 2.88. The Morgan fingerprint density at radius 1 is 0.949 bits per heavy atom. The Kier molecular flexibility index (Phi) is 14.2. The van der Waals surface area contributed by atoms with Gasteiger partial charge in [0, 0.05) is 44.7 Å². The van der Waals surface area contributed by atoms with E-state index in [1.165, 1.54) is 25.8 Å². The molecule has 3 heterocycles. The Bertz CT molecular complexity index is 869. The van der Waals surface area contributed by atoms with Crippen molar-refractivity contribution in [1.29, 1.82) is 0 Å². The molecule has 1 unspecified atom stereocenters. The summed E-state index contributed by atoms with van der Waals surface area (Å²) < 4.78 is 68.8. The van der Waals surface area contributed by atoms with Gasteiger partial charge in [0.25, 0.3) is 0 Å². The van der Waals surface area contributed by atoms with Crippen LogP contribution in [0.4, 0.5) is 26.3 Å². The van der Waals surface area contributed by atoms with Crippen LogP contribution in [-0.2, 0) is 25.5 Å². The summed E-state index contributed by atoms with van der Waals surface area (Å²) in [6.45, 7) is 4.85. The minimum absolute atomic E-state index is 0.219. The van der Waals surface area contributed by atoms with Crippen molar-refractivity contribution >= 4 is 17.8 Å². The van der Waals surface area contributed by atoms with Crippen molar-refractivity contribution in [2.45, 2.75) is 56.9 Å². The number of hydrogen-bond acceptors (Lipinski definition) is 6. The number of piperidine rings is 2. The van der Waals surface area contributed by atoms with Gasteiger partial charge in [-0.05, 0) is 50.3 Å². The van der Waals surface area contributed by atoms with E-state index in [1.54, 1.807) is 13.3 Å². The summed E-state index contributed by atoms with van der Waals surface area (Å²) in [6, 6.07) is 6.44. The number of rotatable bonds is 6. The van der Waals surface area contributed by atoms with E-state index in [0.29, 0.717) is 12.5 Å². The van der Waals surface area contributed by atoms with E-state index in [2.05, 4.69) is 9.88 Å². The molecule has 3 rings (SSSR count). The van der Waals surface area contributed by atoms with Crippen LogP contribution in [0.5, 0.6) is 0 Å². The van der Waals surface area contributed by atoms with Crippen LogP contribution in [0.25, 0.3) is 0 Å².